The second-order valence-corrected chi connectivity index (χ2v) is 9.75. The van der Waals surface area contributed by atoms with Crippen molar-refractivity contribution in [3.8, 4) is 0 Å². The molecule has 3 N–H and O–H groups in total. The number of imidazole rings is 1. The van der Waals surface area contributed by atoms with E-state index in [-0.39, 0.29) is 16.6 Å². The molecule has 1 heterocycles. The van der Waals surface area contributed by atoms with Gasteiger partial charge in [-0.1, -0.05) is 37.2 Å². The lowest BCUT2D eigenvalue weighted by atomic mass is 10.1. The smallest absolute Gasteiger partial charge is 0.238 e. The van der Waals surface area contributed by atoms with E-state index in [0.29, 0.717) is 10.7 Å². The van der Waals surface area contributed by atoms with Crippen molar-refractivity contribution in [2.75, 3.05) is 11.1 Å². The summed E-state index contributed by atoms with van der Waals surface area (Å²) >= 11 is 1.33. The normalized spacial score (nSPS) is 11.7. The van der Waals surface area contributed by atoms with Gasteiger partial charge in [-0.05, 0) is 55.7 Å². The molecular weight excluding hydrogens is 420 g/mol. The molecule has 0 saturated heterocycles. The quantitative estimate of drug-likeness (QED) is 0.511. The molecule has 0 aliphatic carbocycles. The minimum atomic E-state index is -3.80. The first kappa shape index (κ1) is 22.3. The Kier molecular flexibility index (Phi) is 6.84. The molecule has 9 heteroatoms. The van der Waals surface area contributed by atoms with Crippen LogP contribution >= 0.6 is 11.8 Å². The van der Waals surface area contributed by atoms with Gasteiger partial charge in [0.15, 0.2) is 5.16 Å². The maximum atomic E-state index is 12.5. The van der Waals surface area contributed by atoms with Crippen molar-refractivity contribution in [1.82, 2.24) is 9.55 Å². The predicted molar refractivity (Wildman–Crippen MR) is 121 cm³/mol. The molecule has 1 amide bonds. The molecule has 0 unspecified atom stereocenters. The third-order valence-electron chi connectivity index (χ3n) is 4.75. The fourth-order valence-electron chi connectivity index (χ4n) is 3.09. The lowest BCUT2D eigenvalue weighted by molar-refractivity contribution is -0.113. The van der Waals surface area contributed by atoms with Gasteiger partial charge in [-0.25, -0.2) is 18.5 Å². The van der Waals surface area contributed by atoms with Crippen molar-refractivity contribution in [2.45, 2.75) is 50.2 Å². The van der Waals surface area contributed by atoms with E-state index in [1.54, 1.807) is 6.07 Å². The van der Waals surface area contributed by atoms with Gasteiger partial charge in [0.25, 0.3) is 0 Å². The highest BCUT2D eigenvalue weighted by Gasteiger charge is 2.16. The van der Waals surface area contributed by atoms with Gasteiger partial charge in [0.2, 0.25) is 15.9 Å². The fourth-order valence-corrected chi connectivity index (χ4v) is 4.47. The Hall–Kier alpha value is -2.36. The number of carbonyl (C=O) groups excluding carboxylic acids is 1. The van der Waals surface area contributed by atoms with Crippen LogP contribution in [-0.4, -0.2) is 29.6 Å². The molecule has 0 spiro atoms. The van der Waals surface area contributed by atoms with Gasteiger partial charge in [-0.15, -0.1) is 0 Å². The molecule has 0 saturated carbocycles. The Morgan fingerprint density at radius 3 is 2.67 bits per heavy atom. The Balaban J connectivity index is 1.83. The minimum absolute atomic E-state index is 0.0272. The van der Waals surface area contributed by atoms with Gasteiger partial charge in [0, 0.05) is 12.2 Å². The summed E-state index contributed by atoms with van der Waals surface area (Å²) in [7, 11) is -3.80. The molecule has 0 aliphatic heterocycles. The van der Waals surface area contributed by atoms with Crippen LogP contribution in [0, 0.1) is 13.8 Å². The standard InChI is InChI=1S/C21H26N4O3S2/c1-4-5-10-25-19-9-8-16(30(22,27)28)12-18(19)24-21(25)29-13-20(26)23-17-11-14(2)6-7-15(17)3/h6-9,11-12H,4-5,10,13H2,1-3H3,(H,23,26)(H2,22,27,28). The number of thioether (sulfide) groups is 1. The number of carbonyl (C=O) groups is 1. The van der Waals surface area contributed by atoms with E-state index in [9.17, 15) is 13.2 Å². The number of anilines is 1. The highest BCUT2D eigenvalue weighted by Crippen LogP contribution is 2.27. The molecule has 7 nitrogen and oxygen atoms in total. The number of fused-ring (bicyclic) bond motifs is 1. The Labute approximate surface area is 181 Å². The van der Waals surface area contributed by atoms with Gasteiger partial charge in [0.1, 0.15) is 0 Å². The number of amides is 1. The van der Waals surface area contributed by atoms with Crippen LogP contribution in [0.3, 0.4) is 0 Å². The minimum Gasteiger partial charge on any atom is -0.325 e. The van der Waals surface area contributed by atoms with E-state index in [4.69, 9.17) is 5.14 Å². The van der Waals surface area contributed by atoms with Crippen LogP contribution in [-0.2, 0) is 21.4 Å². The molecule has 0 aliphatic rings. The van der Waals surface area contributed by atoms with E-state index >= 15 is 0 Å². The maximum Gasteiger partial charge on any atom is 0.238 e. The summed E-state index contributed by atoms with van der Waals surface area (Å²) in [5.41, 5.74) is 4.27. The number of unbranched alkanes of at least 4 members (excludes halogenated alkanes) is 1. The fraction of sp³-hybridized carbons (Fsp3) is 0.333. The van der Waals surface area contributed by atoms with Gasteiger partial charge in [0.05, 0.1) is 21.7 Å². The summed E-state index contributed by atoms with van der Waals surface area (Å²) < 4.78 is 25.4. The summed E-state index contributed by atoms with van der Waals surface area (Å²) in [6.07, 6.45) is 1.96. The monoisotopic (exact) mass is 446 g/mol. The maximum absolute atomic E-state index is 12.5. The Bertz CT molecular complexity index is 1190. The number of nitrogens with zero attached hydrogens (tertiary/aromatic N) is 2. The lowest BCUT2D eigenvalue weighted by Gasteiger charge is -2.10. The first-order valence-electron chi connectivity index (χ1n) is 9.72. The molecule has 0 radical (unpaired) electrons. The number of benzene rings is 2. The molecule has 3 aromatic rings. The SMILES string of the molecule is CCCCn1c(SCC(=O)Nc2cc(C)ccc2C)nc2cc(S(N)(=O)=O)ccc21. The second kappa shape index (κ2) is 9.20. The molecule has 0 fully saturated rings. The van der Waals surface area contributed by atoms with Gasteiger partial charge >= 0.3 is 0 Å². The first-order chi connectivity index (χ1) is 14.2. The molecule has 160 valence electrons. The molecular formula is C21H26N4O3S2. The summed E-state index contributed by atoms with van der Waals surface area (Å²) in [5, 5.41) is 8.88. The molecule has 0 bridgehead atoms. The number of rotatable bonds is 8. The number of sulfonamides is 1. The number of hydrogen-bond donors (Lipinski definition) is 2. The summed E-state index contributed by atoms with van der Waals surface area (Å²) in [4.78, 5) is 17.1. The summed E-state index contributed by atoms with van der Waals surface area (Å²) in [5.74, 6) is 0.0817. The average molecular weight is 447 g/mol. The van der Waals surface area contributed by atoms with Crippen molar-refractivity contribution in [3.05, 3.63) is 47.5 Å². The van der Waals surface area contributed by atoms with E-state index < -0.39 is 10.0 Å². The van der Waals surface area contributed by atoms with Crippen LogP contribution in [0.25, 0.3) is 11.0 Å². The number of aromatic nitrogens is 2. The second-order valence-electron chi connectivity index (χ2n) is 7.25. The molecule has 0 atom stereocenters. The van der Waals surface area contributed by atoms with Crippen LogP contribution in [0.2, 0.25) is 0 Å². The number of aryl methyl sites for hydroxylation is 3. The van der Waals surface area contributed by atoms with Gasteiger partial charge in [-0.2, -0.15) is 0 Å². The van der Waals surface area contributed by atoms with E-state index in [1.165, 1.54) is 23.9 Å². The van der Waals surface area contributed by atoms with E-state index in [0.717, 1.165) is 41.7 Å². The molecule has 30 heavy (non-hydrogen) atoms. The summed E-state index contributed by atoms with van der Waals surface area (Å²) in [6.45, 7) is 6.77. The zero-order valence-corrected chi connectivity index (χ0v) is 18.9. The van der Waals surface area contributed by atoms with E-state index in [1.807, 2.05) is 36.6 Å². The third kappa shape index (κ3) is 5.21. The lowest BCUT2D eigenvalue weighted by Crippen LogP contribution is -2.15. The van der Waals surface area contributed by atoms with Crippen molar-refractivity contribution in [2.24, 2.45) is 5.14 Å². The number of nitrogens with one attached hydrogen (secondary N) is 1. The number of nitrogens with two attached hydrogens (primary N) is 1. The van der Waals surface area contributed by atoms with Gasteiger partial charge < -0.3 is 9.88 Å². The van der Waals surface area contributed by atoms with Crippen LogP contribution in [0.15, 0.2) is 46.5 Å². The highest BCUT2D eigenvalue weighted by atomic mass is 32.2. The zero-order valence-electron chi connectivity index (χ0n) is 17.3. The topological polar surface area (TPSA) is 107 Å². The van der Waals surface area contributed by atoms with Crippen LogP contribution in [0.5, 0.6) is 0 Å². The van der Waals surface area contributed by atoms with Crippen LogP contribution in [0.1, 0.15) is 30.9 Å². The Morgan fingerprint density at radius 1 is 1.20 bits per heavy atom. The number of hydrogen-bond acceptors (Lipinski definition) is 5. The van der Waals surface area contributed by atoms with Crippen LogP contribution in [0.4, 0.5) is 5.69 Å². The first-order valence-corrected chi connectivity index (χ1v) is 12.2. The molecule has 2 aromatic carbocycles. The van der Waals surface area contributed by atoms with Crippen molar-refractivity contribution >= 4 is 44.4 Å². The summed E-state index contributed by atoms with van der Waals surface area (Å²) in [6, 6.07) is 10.6. The van der Waals surface area contributed by atoms with Crippen molar-refractivity contribution in [1.29, 1.82) is 0 Å². The van der Waals surface area contributed by atoms with Crippen molar-refractivity contribution in [3.63, 3.8) is 0 Å². The zero-order chi connectivity index (χ0) is 21.9. The van der Waals surface area contributed by atoms with Gasteiger partial charge in [-0.3, -0.25) is 4.79 Å². The third-order valence-corrected chi connectivity index (χ3v) is 6.64. The predicted octanol–water partition coefficient (Wildman–Crippen LogP) is 3.83. The largest absolute Gasteiger partial charge is 0.325 e. The van der Waals surface area contributed by atoms with E-state index in [2.05, 4.69) is 17.2 Å². The van der Waals surface area contributed by atoms with Crippen LogP contribution < -0.4 is 10.5 Å². The number of primary sulfonamides is 1. The molecule has 3 rings (SSSR count). The Morgan fingerprint density at radius 2 is 1.97 bits per heavy atom. The van der Waals surface area contributed by atoms with Crippen molar-refractivity contribution < 1.29 is 13.2 Å². The average Bonchev–Trinajstić information content (AvgIpc) is 3.03. The highest BCUT2D eigenvalue weighted by molar-refractivity contribution is 7.99. The molecule has 1 aromatic heterocycles.